The average Bonchev–Trinajstić information content (AvgIpc) is 3.12. The lowest BCUT2D eigenvalue weighted by atomic mass is 10.1. The summed E-state index contributed by atoms with van der Waals surface area (Å²) in [5, 5.41) is 9.86. The number of hydrogen-bond acceptors (Lipinski definition) is 6. The normalized spacial score (nSPS) is 14.9. The van der Waals surface area contributed by atoms with Gasteiger partial charge in [0.1, 0.15) is 17.3 Å². The Morgan fingerprint density at radius 3 is 2.72 bits per heavy atom. The van der Waals surface area contributed by atoms with Crippen molar-refractivity contribution >= 4 is 34.8 Å². The molecule has 2 aromatic rings. The summed E-state index contributed by atoms with van der Waals surface area (Å²) >= 11 is 0. The highest BCUT2D eigenvalue weighted by Gasteiger charge is 2.23. The molecule has 3 N–H and O–H groups in total. The Morgan fingerprint density at radius 2 is 2.10 bits per heavy atom. The molecule has 152 valence electrons. The molecule has 1 fully saturated rings. The summed E-state index contributed by atoms with van der Waals surface area (Å²) in [5.74, 6) is -0.467. The second kappa shape index (κ2) is 8.65. The van der Waals surface area contributed by atoms with Crippen LogP contribution >= 0.6 is 0 Å². The van der Waals surface area contributed by atoms with Crippen molar-refractivity contribution in [2.75, 3.05) is 37.7 Å². The Morgan fingerprint density at radius 1 is 1.38 bits per heavy atom. The van der Waals surface area contributed by atoms with Crippen LogP contribution in [0.5, 0.6) is 0 Å². The first-order valence-corrected chi connectivity index (χ1v) is 9.44. The van der Waals surface area contributed by atoms with Crippen LogP contribution in [0.1, 0.15) is 19.4 Å². The lowest BCUT2D eigenvalue weighted by Crippen LogP contribution is -2.49. The number of nitriles is 1. The van der Waals surface area contributed by atoms with Crippen LogP contribution in [0, 0.1) is 17.2 Å². The zero-order valence-electron chi connectivity index (χ0n) is 16.5. The summed E-state index contributed by atoms with van der Waals surface area (Å²) in [6.45, 7) is 6.86. The van der Waals surface area contributed by atoms with Gasteiger partial charge in [-0.15, -0.1) is 0 Å². The molecule has 1 aliphatic rings. The van der Waals surface area contributed by atoms with E-state index in [0.717, 1.165) is 11.1 Å². The van der Waals surface area contributed by atoms with Gasteiger partial charge >= 0.3 is 6.09 Å². The van der Waals surface area contributed by atoms with Crippen LogP contribution in [0.25, 0.3) is 17.1 Å². The van der Waals surface area contributed by atoms with E-state index in [0.29, 0.717) is 49.9 Å². The van der Waals surface area contributed by atoms with Gasteiger partial charge in [-0.25, -0.2) is 9.78 Å². The molecule has 1 aliphatic heterocycles. The Balaban J connectivity index is 1.73. The monoisotopic (exact) mass is 396 g/mol. The minimum atomic E-state index is -0.772. The van der Waals surface area contributed by atoms with E-state index < -0.39 is 5.91 Å². The number of carbonyl (C=O) groups is 2. The van der Waals surface area contributed by atoms with E-state index in [1.165, 1.54) is 6.08 Å². The van der Waals surface area contributed by atoms with Crippen LogP contribution in [0.4, 0.5) is 10.5 Å². The molecule has 0 bridgehead atoms. The number of pyridine rings is 1. The average molecular weight is 396 g/mol. The molecule has 29 heavy (non-hydrogen) atoms. The summed E-state index contributed by atoms with van der Waals surface area (Å²) < 4.78 is 5.30. The third kappa shape index (κ3) is 4.66. The maximum absolute atomic E-state index is 12.1. The number of hydrogen-bond donors (Lipinski definition) is 2. The smallest absolute Gasteiger partial charge is 0.409 e. The van der Waals surface area contributed by atoms with E-state index in [2.05, 4.69) is 14.9 Å². The van der Waals surface area contributed by atoms with E-state index in [1.54, 1.807) is 17.3 Å². The molecule has 0 unspecified atom stereocenters. The van der Waals surface area contributed by atoms with Gasteiger partial charge < -0.3 is 25.3 Å². The number of fused-ring (bicyclic) bond motifs is 1. The van der Waals surface area contributed by atoms with Gasteiger partial charge in [0.25, 0.3) is 5.91 Å². The van der Waals surface area contributed by atoms with Gasteiger partial charge in [0.15, 0.2) is 0 Å². The molecule has 0 radical (unpaired) electrons. The molecule has 0 atom stereocenters. The third-order valence-corrected chi connectivity index (χ3v) is 4.68. The number of primary amides is 1. The van der Waals surface area contributed by atoms with E-state index >= 15 is 0 Å². The van der Waals surface area contributed by atoms with Crippen molar-refractivity contribution < 1.29 is 14.3 Å². The number of nitrogens with two attached hydrogens (primary N) is 1. The minimum Gasteiger partial charge on any atom is -0.449 e. The van der Waals surface area contributed by atoms with Crippen molar-refractivity contribution in [1.29, 1.82) is 5.26 Å². The quantitative estimate of drug-likeness (QED) is 0.586. The van der Waals surface area contributed by atoms with Gasteiger partial charge in [0.2, 0.25) is 0 Å². The zero-order valence-corrected chi connectivity index (χ0v) is 16.5. The number of nitrogens with zero attached hydrogens (tertiary/aromatic N) is 4. The van der Waals surface area contributed by atoms with Crippen molar-refractivity contribution in [3.8, 4) is 6.07 Å². The Kier molecular flexibility index (Phi) is 6.02. The van der Waals surface area contributed by atoms with Crippen molar-refractivity contribution in [3.63, 3.8) is 0 Å². The van der Waals surface area contributed by atoms with Gasteiger partial charge in [0, 0.05) is 43.3 Å². The Hall–Kier alpha value is -3.54. The SMILES string of the molecule is CC(C)COC(=O)N1CCN(c2cnc3[nH]cc(/C=C(\C#N)C(N)=O)c3c2)CC1. The first-order valence-electron chi connectivity index (χ1n) is 9.44. The van der Waals surface area contributed by atoms with E-state index in [1.807, 2.05) is 26.0 Å². The molecule has 3 rings (SSSR count). The van der Waals surface area contributed by atoms with Gasteiger partial charge in [-0.05, 0) is 18.1 Å². The highest BCUT2D eigenvalue weighted by Crippen LogP contribution is 2.25. The van der Waals surface area contributed by atoms with Gasteiger partial charge in [-0.1, -0.05) is 13.8 Å². The maximum Gasteiger partial charge on any atom is 0.409 e. The van der Waals surface area contributed by atoms with E-state index in [4.69, 9.17) is 15.7 Å². The first-order chi connectivity index (χ1) is 13.9. The van der Waals surface area contributed by atoms with Crippen molar-refractivity contribution in [3.05, 3.63) is 29.6 Å². The molecule has 0 aromatic carbocycles. The number of H-pyrrole nitrogens is 1. The summed E-state index contributed by atoms with van der Waals surface area (Å²) in [7, 11) is 0. The van der Waals surface area contributed by atoms with E-state index in [9.17, 15) is 9.59 Å². The van der Waals surface area contributed by atoms with E-state index in [-0.39, 0.29) is 11.7 Å². The number of ether oxygens (including phenoxy) is 1. The van der Waals surface area contributed by atoms with Crippen LogP contribution in [0.3, 0.4) is 0 Å². The van der Waals surface area contributed by atoms with Gasteiger partial charge in [-0.3, -0.25) is 4.79 Å². The highest BCUT2D eigenvalue weighted by atomic mass is 16.6. The summed E-state index contributed by atoms with van der Waals surface area (Å²) in [4.78, 5) is 34.7. The number of anilines is 1. The van der Waals surface area contributed by atoms with Crippen molar-refractivity contribution in [1.82, 2.24) is 14.9 Å². The molecular weight excluding hydrogens is 372 g/mol. The van der Waals surface area contributed by atoms with Gasteiger partial charge in [-0.2, -0.15) is 5.26 Å². The lowest BCUT2D eigenvalue weighted by Gasteiger charge is -2.35. The Labute approximate surface area is 168 Å². The van der Waals surface area contributed by atoms with Crippen molar-refractivity contribution in [2.45, 2.75) is 13.8 Å². The largest absolute Gasteiger partial charge is 0.449 e. The summed E-state index contributed by atoms with van der Waals surface area (Å²) in [6, 6.07) is 3.76. The van der Waals surface area contributed by atoms with Crippen LogP contribution in [-0.4, -0.2) is 59.7 Å². The second-order valence-corrected chi connectivity index (χ2v) is 7.31. The summed E-state index contributed by atoms with van der Waals surface area (Å²) in [6.07, 6.45) is 4.62. The molecule has 0 spiro atoms. The number of rotatable bonds is 5. The Bertz CT molecular complexity index is 980. The molecule has 1 saturated heterocycles. The fraction of sp³-hybridized carbons (Fsp3) is 0.400. The molecular formula is C20H24N6O3. The topological polar surface area (TPSA) is 128 Å². The molecule has 9 nitrogen and oxygen atoms in total. The molecule has 2 aromatic heterocycles. The van der Waals surface area contributed by atoms with Crippen molar-refractivity contribution in [2.24, 2.45) is 11.7 Å². The van der Waals surface area contributed by atoms with Crippen LogP contribution in [0.2, 0.25) is 0 Å². The molecule has 9 heteroatoms. The predicted octanol–water partition coefficient (Wildman–Crippen LogP) is 1.87. The summed E-state index contributed by atoms with van der Waals surface area (Å²) in [5.41, 5.74) is 7.32. The number of aromatic nitrogens is 2. The van der Waals surface area contributed by atoms with Crippen LogP contribution in [-0.2, 0) is 9.53 Å². The maximum atomic E-state index is 12.1. The third-order valence-electron chi connectivity index (χ3n) is 4.68. The number of aromatic amines is 1. The van der Waals surface area contributed by atoms with Crippen LogP contribution < -0.4 is 10.6 Å². The number of amides is 2. The van der Waals surface area contributed by atoms with Gasteiger partial charge in [0.05, 0.1) is 18.5 Å². The number of carbonyl (C=O) groups excluding carboxylic acids is 2. The highest BCUT2D eigenvalue weighted by molar-refractivity contribution is 6.03. The molecule has 2 amide bonds. The minimum absolute atomic E-state index is 0.121. The lowest BCUT2D eigenvalue weighted by molar-refractivity contribution is -0.114. The molecule has 0 aliphatic carbocycles. The number of nitrogens with one attached hydrogen (secondary N) is 1. The molecule has 3 heterocycles. The standard InChI is InChI=1S/C20H24N6O3/c1-13(2)12-29-20(28)26-5-3-25(4-6-26)16-8-17-15(7-14(9-21)18(22)27)10-23-19(17)24-11-16/h7-8,10-11,13H,3-6,12H2,1-2H3,(H2,22,27)(H,23,24)/b14-7+. The van der Waals surface area contributed by atoms with Crippen LogP contribution in [0.15, 0.2) is 24.0 Å². The first kappa shape index (κ1) is 20.2. The zero-order chi connectivity index (χ0) is 21.0. The molecule has 0 saturated carbocycles. The predicted molar refractivity (Wildman–Crippen MR) is 109 cm³/mol. The fourth-order valence-corrected chi connectivity index (χ4v) is 3.10. The number of piperazine rings is 1. The second-order valence-electron chi connectivity index (χ2n) is 7.31. The fourth-order valence-electron chi connectivity index (χ4n) is 3.10.